The largest absolute Gasteiger partial charge is 0.355 e. The zero-order valence-corrected chi connectivity index (χ0v) is 19.4. The van der Waals surface area contributed by atoms with Gasteiger partial charge in [0.15, 0.2) is 5.69 Å². The summed E-state index contributed by atoms with van der Waals surface area (Å²) >= 11 is 9.58. The Kier molecular flexibility index (Phi) is 5.87. The third kappa shape index (κ3) is 4.30. The van der Waals surface area contributed by atoms with Gasteiger partial charge in [0.05, 0.1) is 17.4 Å². The predicted molar refractivity (Wildman–Crippen MR) is 126 cm³/mol. The van der Waals surface area contributed by atoms with Gasteiger partial charge >= 0.3 is 0 Å². The van der Waals surface area contributed by atoms with E-state index in [1.807, 2.05) is 30.6 Å². The van der Waals surface area contributed by atoms with Crippen LogP contribution in [0.1, 0.15) is 44.2 Å². The smallest absolute Gasteiger partial charge is 0.152 e. The lowest BCUT2D eigenvalue weighted by Gasteiger charge is -2.39. The van der Waals surface area contributed by atoms with Gasteiger partial charge in [0.25, 0.3) is 0 Å². The average Bonchev–Trinajstić information content (AvgIpc) is 3.46. The summed E-state index contributed by atoms with van der Waals surface area (Å²) in [5, 5.41) is 12.9. The molecule has 0 amide bonds. The Bertz CT molecular complexity index is 1110. The molecule has 1 aliphatic heterocycles. The summed E-state index contributed by atoms with van der Waals surface area (Å²) in [4.78, 5) is 16.9. The number of hydrogen-bond acceptors (Lipinski definition) is 7. The quantitative estimate of drug-likeness (QED) is 0.440. The fourth-order valence-corrected chi connectivity index (χ4v) is 6.62. The molecule has 0 unspecified atom stereocenters. The number of piperidine rings is 1. The lowest BCUT2D eigenvalue weighted by Crippen LogP contribution is -2.39. The number of halogens is 1. The minimum Gasteiger partial charge on any atom is -0.355 e. The van der Waals surface area contributed by atoms with Crippen LogP contribution in [0.5, 0.6) is 0 Å². The van der Waals surface area contributed by atoms with E-state index in [1.165, 1.54) is 61.6 Å². The van der Waals surface area contributed by atoms with Gasteiger partial charge in [-0.15, -0.1) is 11.3 Å². The Morgan fingerprint density at radius 2 is 1.90 bits per heavy atom. The highest BCUT2D eigenvalue weighted by atomic mass is 35.5. The van der Waals surface area contributed by atoms with Gasteiger partial charge in [-0.3, -0.25) is 0 Å². The van der Waals surface area contributed by atoms with E-state index in [2.05, 4.69) is 20.9 Å². The van der Waals surface area contributed by atoms with Gasteiger partial charge in [-0.05, 0) is 37.2 Å². The molecule has 0 bridgehead atoms. The fourth-order valence-electron chi connectivity index (χ4n) is 4.68. The molecule has 3 heterocycles. The van der Waals surface area contributed by atoms with Crippen molar-refractivity contribution in [2.75, 3.05) is 18.0 Å². The van der Waals surface area contributed by atoms with Gasteiger partial charge < -0.3 is 4.90 Å². The molecule has 5 nitrogen and oxygen atoms in total. The van der Waals surface area contributed by atoms with E-state index < -0.39 is 0 Å². The Labute approximate surface area is 195 Å². The van der Waals surface area contributed by atoms with Crippen LogP contribution in [-0.2, 0) is 0 Å². The molecule has 0 radical (unpaired) electrons. The van der Waals surface area contributed by atoms with Crippen LogP contribution in [0.25, 0.3) is 10.6 Å². The van der Waals surface area contributed by atoms with E-state index in [-0.39, 0.29) is 0 Å². The average molecular weight is 468 g/mol. The molecule has 2 fully saturated rings. The minimum absolute atomic E-state index is 0.409. The SMILES string of the molecule is N#Cc1csc(-c2cccc(Sc3cnc(N4CCC5(CCCC5)CC4)cn3)c2Cl)n1. The number of aromatic nitrogens is 3. The van der Waals surface area contributed by atoms with Crippen LogP contribution in [0.2, 0.25) is 5.02 Å². The van der Waals surface area contributed by atoms with Crippen molar-refractivity contribution in [3.05, 3.63) is 46.7 Å². The second-order valence-electron chi connectivity index (χ2n) is 8.28. The van der Waals surface area contributed by atoms with Crippen LogP contribution in [-0.4, -0.2) is 28.0 Å². The first-order chi connectivity index (χ1) is 15.2. The third-order valence-electron chi connectivity index (χ3n) is 6.45. The van der Waals surface area contributed by atoms with Crippen molar-refractivity contribution in [2.45, 2.75) is 48.4 Å². The van der Waals surface area contributed by atoms with Crippen molar-refractivity contribution >= 4 is 40.5 Å². The maximum Gasteiger partial charge on any atom is 0.152 e. The molecule has 2 aromatic heterocycles. The van der Waals surface area contributed by atoms with E-state index in [9.17, 15) is 0 Å². The molecule has 1 aliphatic carbocycles. The van der Waals surface area contributed by atoms with Crippen molar-refractivity contribution in [3.63, 3.8) is 0 Å². The van der Waals surface area contributed by atoms with E-state index >= 15 is 0 Å². The number of benzene rings is 1. The molecule has 3 aromatic rings. The molecule has 158 valence electrons. The highest BCUT2D eigenvalue weighted by Crippen LogP contribution is 2.46. The summed E-state index contributed by atoms with van der Waals surface area (Å²) in [6.45, 7) is 2.15. The molecule has 1 aromatic carbocycles. The topological polar surface area (TPSA) is 65.7 Å². The molecule has 5 rings (SSSR count). The Balaban J connectivity index is 1.28. The molecular formula is C23H22ClN5S2. The normalized spacial score (nSPS) is 17.7. The fraction of sp³-hybridized carbons (Fsp3) is 0.391. The van der Waals surface area contributed by atoms with Gasteiger partial charge in [0.2, 0.25) is 0 Å². The van der Waals surface area contributed by atoms with Crippen molar-refractivity contribution in [2.24, 2.45) is 5.41 Å². The third-order valence-corrected chi connectivity index (χ3v) is 8.83. The molecular weight excluding hydrogens is 446 g/mol. The van der Waals surface area contributed by atoms with E-state index in [0.717, 1.165) is 39.4 Å². The van der Waals surface area contributed by atoms with Crippen LogP contribution in [0.4, 0.5) is 5.82 Å². The first kappa shape index (κ1) is 20.7. The molecule has 1 spiro atoms. The van der Waals surface area contributed by atoms with Gasteiger partial charge in [-0.1, -0.05) is 48.3 Å². The van der Waals surface area contributed by atoms with Gasteiger partial charge in [0, 0.05) is 28.9 Å². The Morgan fingerprint density at radius 3 is 2.58 bits per heavy atom. The number of nitrogens with zero attached hydrogens (tertiary/aromatic N) is 5. The monoisotopic (exact) mass is 467 g/mol. The van der Waals surface area contributed by atoms with Crippen LogP contribution in [0.15, 0.2) is 45.9 Å². The zero-order valence-electron chi connectivity index (χ0n) is 17.1. The predicted octanol–water partition coefficient (Wildman–Crippen LogP) is 6.44. The highest BCUT2D eigenvalue weighted by molar-refractivity contribution is 7.99. The van der Waals surface area contributed by atoms with Crippen LogP contribution >= 0.6 is 34.7 Å². The minimum atomic E-state index is 0.409. The number of rotatable bonds is 4. The lowest BCUT2D eigenvalue weighted by atomic mass is 9.77. The molecule has 2 aliphatic rings. The standard InChI is InChI=1S/C23H22ClN5S2/c24-21-17(22-28-16(12-25)15-30-22)4-3-5-18(21)31-20-14-26-19(13-27-20)29-10-8-23(9-11-29)6-1-2-7-23/h3-5,13-15H,1-2,6-11H2. The first-order valence-electron chi connectivity index (χ1n) is 10.6. The number of nitriles is 1. The maximum atomic E-state index is 9.03. The molecule has 0 atom stereocenters. The van der Waals surface area contributed by atoms with Gasteiger partial charge in [0.1, 0.15) is 21.9 Å². The lowest BCUT2D eigenvalue weighted by molar-refractivity contribution is 0.226. The van der Waals surface area contributed by atoms with E-state index in [4.69, 9.17) is 21.8 Å². The number of anilines is 1. The second-order valence-corrected chi connectivity index (χ2v) is 10.6. The molecule has 1 saturated heterocycles. The van der Waals surface area contributed by atoms with E-state index in [0.29, 0.717) is 16.1 Å². The van der Waals surface area contributed by atoms with Crippen molar-refractivity contribution in [3.8, 4) is 16.6 Å². The summed E-state index contributed by atoms with van der Waals surface area (Å²) in [6.07, 6.45) is 11.9. The Hall–Kier alpha value is -2.14. The molecule has 0 N–H and O–H groups in total. The Morgan fingerprint density at radius 1 is 1.10 bits per heavy atom. The summed E-state index contributed by atoms with van der Waals surface area (Å²) < 4.78 is 0. The first-order valence-corrected chi connectivity index (χ1v) is 12.6. The highest BCUT2D eigenvalue weighted by Gasteiger charge is 2.37. The number of thiazole rings is 1. The molecule has 8 heteroatoms. The van der Waals surface area contributed by atoms with Gasteiger partial charge in [-0.2, -0.15) is 5.26 Å². The zero-order chi connectivity index (χ0) is 21.3. The van der Waals surface area contributed by atoms with Gasteiger partial charge in [-0.25, -0.2) is 15.0 Å². The second kappa shape index (κ2) is 8.78. The van der Waals surface area contributed by atoms with E-state index in [1.54, 1.807) is 5.38 Å². The molecule has 1 saturated carbocycles. The summed E-state index contributed by atoms with van der Waals surface area (Å²) in [6, 6.07) is 7.91. The number of hydrogen-bond donors (Lipinski definition) is 0. The van der Waals surface area contributed by atoms with Crippen molar-refractivity contribution in [1.29, 1.82) is 5.26 Å². The summed E-state index contributed by atoms with van der Waals surface area (Å²) in [7, 11) is 0. The summed E-state index contributed by atoms with van der Waals surface area (Å²) in [5.41, 5.74) is 1.84. The molecule has 31 heavy (non-hydrogen) atoms. The van der Waals surface area contributed by atoms with Crippen molar-refractivity contribution in [1.82, 2.24) is 15.0 Å². The van der Waals surface area contributed by atoms with Crippen LogP contribution < -0.4 is 4.90 Å². The summed E-state index contributed by atoms with van der Waals surface area (Å²) in [5.74, 6) is 0.962. The maximum absolute atomic E-state index is 9.03. The van der Waals surface area contributed by atoms with Crippen LogP contribution in [0, 0.1) is 16.7 Å². The van der Waals surface area contributed by atoms with Crippen LogP contribution in [0.3, 0.4) is 0 Å². The van der Waals surface area contributed by atoms with Crippen molar-refractivity contribution < 1.29 is 0 Å².